The first kappa shape index (κ1) is 26.3. The quantitative estimate of drug-likeness (QED) is 0.477. The zero-order valence-corrected chi connectivity index (χ0v) is 24.3. The maximum atomic E-state index is 12.5. The minimum atomic E-state index is -0.615. The Morgan fingerprint density at radius 2 is 1.82 bits per heavy atom. The Bertz CT molecular complexity index is 1150. The second-order valence-electron chi connectivity index (χ2n) is 11.6. The molecule has 0 spiro atoms. The molecule has 1 N–H and O–H groups in total. The van der Waals surface area contributed by atoms with Gasteiger partial charge in [0.1, 0.15) is 0 Å². The molecule has 3 aliphatic heterocycles. The molecule has 4 heterocycles. The fraction of sp³-hybridized carbons (Fsp3) is 0.548. The summed E-state index contributed by atoms with van der Waals surface area (Å²) in [5, 5.41) is 10.3. The first-order valence-electron chi connectivity index (χ1n) is 14.4. The molecule has 3 atom stereocenters. The van der Waals surface area contributed by atoms with E-state index < -0.39 is 5.97 Å². The van der Waals surface area contributed by atoms with Crippen LogP contribution < -0.4 is 21.2 Å². The maximum absolute atomic E-state index is 12.5. The molecule has 1 aromatic heterocycles. The van der Waals surface area contributed by atoms with Gasteiger partial charge < -0.3 is 5.11 Å². The van der Waals surface area contributed by atoms with E-state index >= 15 is 0 Å². The van der Waals surface area contributed by atoms with Crippen LogP contribution in [0.1, 0.15) is 68.2 Å². The monoisotopic (exact) mass is 627 g/mol. The van der Waals surface area contributed by atoms with Crippen LogP contribution in [-0.2, 0) is 4.79 Å². The van der Waals surface area contributed by atoms with Crippen LogP contribution in [0.4, 0.5) is 0 Å². The van der Waals surface area contributed by atoms with Crippen molar-refractivity contribution in [2.24, 2.45) is 11.8 Å². The van der Waals surface area contributed by atoms with E-state index in [4.69, 9.17) is 4.98 Å². The molecule has 3 fully saturated rings. The normalized spacial score (nSPS) is 26.5. The number of carboxylic acid groups (broad SMARTS) is 1. The number of aromatic nitrogens is 2. The van der Waals surface area contributed by atoms with E-state index in [2.05, 4.69) is 73.3 Å². The molecule has 0 radical (unpaired) electrons. The summed E-state index contributed by atoms with van der Waals surface area (Å²) >= 11 is -0.133. The Morgan fingerprint density at radius 3 is 2.58 bits per heavy atom. The van der Waals surface area contributed by atoms with Crippen molar-refractivity contribution >= 4 is 12.0 Å². The zero-order chi connectivity index (χ0) is 25.9. The number of imidazole rings is 1. The summed E-state index contributed by atoms with van der Waals surface area (Å²) < 4.78 is 6.01. The standard InChI is InChI=1S/C31H40IN4O2/c37-31(38)29(24-11-5-2-6-12-24)35-20-25(27(21-35)23-9-3-1-4-10-23)19-34-17-14-26(15-18-34)36-22-33-30-28(36)13-7-8-16-32-30/h1,3-4,7-10,13,16,22,24-27,29H,2,5-6,11-12,14-15,17-21H2,(H,37,38)/q-1/t25-,27+,29+/m0/s1. The van der Waals surface area contributed by atoms with Gasteiger partial charge in [0.15, 0.2) is 0 Å². The topological polar surface area (TPSA) is 61.6 Å². The van der Waals surface area contributed by atoms with Crippen LogP contribution in [-0.4, -0.2) is 69.2 Å². The van der Waals surface area contributed by atoms with Crippen molar-refractivity contribution in [1.29, 1.82) is 0 Å². The third-order valence-corrected chi connectivity index (χ3v) is 11.5. The third kappa shape index (κ3) is 5.65. The van der Waals surface area contributed by atoms with E-state index in [0.717, 1.165) is 58.4 Å². The van der Waals surface area contributed by atoms with Gasteiger partial charge in [-0.25, -0.2) is 0 Å². The van der Waals surface area contributed by atoms with E-state index in [1.807, 2.05) is 0 Å². The molecule has 0 bridgehead atoms. The summed E-state index contributed by atoms with van der Waals surface area (Å²) in [4.78, 5) is 22.3. The van der Waals surface area contributed by atoms with Gasteiger partial charge in [0.2, 0.25) is 0 Å². The Labute approximate surface area is 237 Å². The minimum absolute atomic E-state index is 0.133. The van der Waals surface area contributed by atoms with Gasteiger partial charge in [-0.3, -0.25) is 4.79 Å². The Hall–Kier alpha value is -1.97. The van der Waals surface area contributed by atoms with Gasteiger partial charge >= 0.3 is 172 Å². The summed E-state index contributed by atoms with van der Waals surface area (Å²) in [5.74, 6) is 0.536. The molecule has 1 saturated carbocycles. The van der Waals surface area contributed by atoms with Crippen molar-refractivity contribution in [1.82, 2.24) is 19.4 Å². The van der Waals surface area contributed by atoms with Crippen LogP contribution in [0.15, 0.2) is 52.9 Å². The van der Waals surface area contributed by atoms with Crippen LogP contribution in [0.25, 0.3) is 6.08 Å². The Morgan fingerprint density at radius 1 is 1.03 bits per heavy atom. The fourth-order valence-electron chi connectivity index (χ4n) is 7.37. The number of allylic oxidation sites excluding steroid dienone is 2. The molecule has 2 saturated heterocycles. The summed E-state index contributed by atoms with van der Waals surface area (Å²) in [6.07, 6.45) is 16.7. The summed E-state index contributed by atoms with van der Waals surface area (Å²) in [7, 11) is 0. The molecule has 6 nitrogen and oxygen atoms in total. The van der Waals surface area contributed by atoms with Crippen LogP contribution in [0.3, 0.4) is 0 Å². The number of carbonyl (C=O) groups is 1. The van der Waals surface area contributed by atoms with Gasteiger partial charge in [-0.2, -0.15) is 0 Å². The number of piperidine rings is 1. The van der Waals surface area contributed by atoms with Crippen molar-refractivity contribution in [3.05, 3.63) is 67.9 Å². The van der Waals surface area contributed by atoms with Gasteiger partial charge in [-0.1, -0.05) is 37.5 Å². The number of nitrogens with zero attached hydrogens (tertiary/aromatic N) is 4. The second kappa shape index (κ2) is 12.0. The van der Waals surface area contributed by atoms with Gasteiger partial charge in [0.05, 0.1) is 0 Å². The average molecular weight is 628 g/mol. The number of hydrogen-bond donors (Lipinski definition) is 1. The molecule has 204 valence electrons. The molecule has 1 aromatic carbocycles. The van der Waals surface area contributed by atoms with E-state index in [0.29, 0.717) is 23.8 Å². The van der Waals surface area contributed by atoms with Gasteiger partial charge in [0.25, 0.3) is 0 Å². The number of aliphatic carboxylic acids is 1. The van der Waals surface area contributed by atoms with Crippen LogP contribution in [0, 0.1) is 15.5 Å². The average Bonchev–Trinajstić information content (AvgIpc) is 3.46. The van der Waals surface area contributed by atoms with Crippen molar-refractivity contribution in [3.8, 4) is 0 Å². The van der Waals surface area contributed by atoms with Gasteiger partial charge in [-0.05, 0) is 18.8 Å². The number of rotatable bonds is 7. The van der Waals surface area contributed by atoms with E-state index in [9.17, 15) is 9.90 Å². The van der Waals surface area contributed by atoms with Gasteiger partial charge in [-0.15, -0.1) is 0 Å². The number of carboxylic acids is 1. The molecule has 0 unspecified atom stereocenters. The summed E-state index contributed by atoms with van der Waals surface area (Å²) in [5.41, 5.74) is 2.69. The van der Waals surface area contributed by atoms with Crippen molar-refractivity contribution in [3.63, 3.8) is 0 Å². The number of likely N-dealkylation sites (tertiary alicyclic amines) is 2. The second-order valence-corrected chi connectivity index (χ2v) is 13.9. The number of hydrogen-bond acceptors (Lipinski definition) is 4. The SMILES string of the molecule is O=C(O)[C@@H](C1CCCCC1)N1C[C@H](CN2CCC(n3cnc4c3C=CC=C[I-]4)CC2)[C@@H](c2ccccc2)C1. The number of benzene rings is 1. The molecule has 4 aliphatic rings. The van der Waals surface area contributed by atoms with Crippen LogP contribution in [0.5, 0.6) is 0 Å². The van der Waals surface area contributed by atoms with Crippen molar-refractivity contribution < 1.29 is 31.1 Å². The van der Waals surface area contributed by atoms with E-state index in [-0.39, 0.29) is 27.2 Å². The molecule has 7 heteroatoms. The van der Waals surface area contributed by atoms with E-state index in [1.165, 1.54) is 34.2 Å². The Balaban J connectivity index is 1.14. The summed E-state index contributed by atoms with van der Waals surface area (Å²) in [6, 6.07) is 11.0. The number of fused-ring (bicyclic) bond motifs is 1. The summed E-state index contributed by atoms with van der Waals surface area (Å²) in [6.45, 7) is 5.00. The predicted molar refractivity (Wildman–Crippen MR) is 146 cm³/mol. The molecule has 2 aromatic rings. The first-order valence-corrected chi connectivity index (χ1v) is 16.8. The Kier molecular flexibility index (Phi) is 8.33. The molecule has 38 heavy (non-hydrogen) atoms. The fourth-order valence-corrected chi connectivity index (χ4v) is 9.23. The molecular weight excluding hydrogens is 587 g/mol. The molecule has 6 rings (SSSR count). The molecule has 1 aliphatic carbocycles. The third-order valence-electron chi connectivity index (χ3n) is 9.27. The van der Waals surface area contributed by atoms with Crippen LogP contribution in [0.2, 0.25) is 0 Å². The predicted octanol–water partition coefficient (Wildman–Crippen LogP) is 2.07. The number of halogens is 1. The van der Waals surface area contributed by atoms with Crippen LogP contribution >= 0.6 is 0 Å². The molecular formula is C31H40IN4O2-. The van der Waals surface area contributed by atoms with E-state index in [1.54, 1.807) is 0 Å². The van der Waals surface area contributed by atoms with Crippen molar-refractivity contribution in [2.75, 3.05) is 32.7 Å². The molecule has 0 amide bonds. The zero-order valence-electron chi connectivity index (χ0n) is 22.2. The first-order chi connectivity index (χ1) is 18.7. The van der Waals surface area contributed by atoms with Crippen molar-refractivity contribution in [2.45, 2.75) is 62.9 Å². The van der Waals surface area contributed by atoms with Gasteiger partial charge in [0, 0.05) is 0 Å².